The Hall–Kier alpha value is -1.39. The Bertz CT molecular complexity index is 539. The highest BCUT2D eigenvalue weighted by atomic mass is 35.5. The zero-order chi connectivity index (χ0) is 13.7. The quantitative estimate of drug-likeness (QED) is 0.798. The zero-order valence-electron chi connectivity index (χ0n) is 10.8. The van der Waals surface area contributed by atoms with Gasteiger partial charge in [0.25, 0.3) is 0 Å². The Balaban J connectivity index is 1.71. The van der Waals surface area contributed by atoms with Crippen molar-refractivity contribution in [1.29, 1.82) is 0 Å². The first-order valence-corrected chi connectivity index (χ1v) is 6.68. The number of H-pyrrole nitrogens is 1. The van der Waals surface area contributed by atoms with E-state index < -0.39 is 0 Å². The molecule has 0 bridgehead atoms. The Labute approximate surface area is 117 Å². The van der Waals surface area contributed by atoms with Crippen molar-refractivity contribution in [2.45, 2.75) is 26.3 Å². The monoisotopic (exact) mass is 281 g/mol. The van der Waals surface area contributed by atoms with Gasteiger partial charge in [-0.15, -0.1) is 0 Å². The van der Waals surface area contributed by atoms with E-state index in [4.69, 9.17) is 11.6 Å². The summed E-state index contributed by atoms with van der Waals surface area (Å²) in [5.74, 6) is -0.259. The number of aromatic nitrogens is 2. The van der Waals surface area contributed by atoms with Crippen LogP contribution in [0, 0.1) is 12.7 Å². The van der Waals surface area contributed by atoms with Crippen LogP contribution in [-0.4, -0.2) is 16.7 Å². The average Bonchev–Trinajstić information content (AvgIpc) is 2.77. The lowest BCUT2D eigenvalue weighted by atomic mass is 10.1. The summed E-state index contributed by atoms with van der Waals surface area (Å²) < 4.78 is 13.5. The highest BCUT2D eigenvalue weighted by Crippen LogP contribution is 2.14. The summed E-state index contributed by atoms with van der Waals surface area (Å²) in [7, 11) is 0. The molecule has 2 N–H and O–H groups in total. The molecule has 0 saturated carbocycles. The number of halogens is 2. The number of benzene rings is 1. The van der Waals surface area contributed by atoms with Gasteiger partial charge < -0.3 is 5.32 Å². The molecule has 3 nitrogen and oxygen atoms in total. The second-order valence-corrected chi connectivity index (χ2v) is 4.97. The van der Waals surface area contributed by atoms with Crippen LogP contribution in [0.15, 0.2) is 24.4 Å². The maximum atomic E-state index is 13.5. The molecule has 19 heavy (non-hydrogen) atoms. The minimum atomic E-state index is -0.259. The third-order valence-corrected chi connectivity index (χ3v) is 3.30. The van der Waals surface area contributed by atoms with E-state index >= 15 is 0 Å². The second-order valence-electron chi connectivity index (χ2n) is 4.54. The van der Waals surface area contributed by atoms with Gasteiger partial charge in [0.15, 0.2) is 0 Å². The van der Waals surface area contributed by atoms with E-state index in [1.54, 1.807) is 12.1 Å². The van der Waals surface area contributed by atoms with E-state index in [2.05, 4.69) is 15.5 Å². The lowest BCUT2D eigenvalue weighted by molar-refractivity contribution is 0.581. The second kappa shape index (κ2) is 6.68. The molecule has 102 valence electrons. The fourth-order valence-corrected chi connectivity index (χ4v) is 2.08. The lowest BCUT2D eigenvalue weighted by Crippen LogP contribution is -2.16. The molecule has 0 saturated heterocycles. The molecule has 0 atom stereocenters. The van der Waals surface area contributed by atoms with Gasteiger partial charge in [0, 0.05) is 22.8 Å². The number of aromatic amines is 1. The normalized spacial score (nSPS) is 10.9. The molecule has 0 fully saturated rings. The van der Waals surface area contributed by atoms with Crippen LogP contribution < -0.4 is 5.32 Å². The maximum absolute atomic E-state index is 13.5. The SMILES string of the molecule is Cc1[nH]ncc1CCCNCc1ccc(Cl)cc1F. The van der Waals surface area contributed by atoms with Crippen molar-refractivity contribution in [3.05, 3.63) is 52.1 Å². The van der Waals surface area contributed by atoms with Gasteiger partial charge in [0.2, 0.25) is 0 Å². The van der Waals surface area contributed by atoms with E-state index in [0.717, 1.165) is 25.1 Å². The smallest absolute Gasteiger partial charge is 0.129 e. The number of aryl methyl sites for hydroxylation is 2. The number of nitrogens with one attached hydrogen (secondary N) is 2. The van der Waals surface area contributed by atoms with Crippen molar-refractivity contribution in [3.63, 3.8) is 0 Å². The molecule has 0 radical (unpaired) electrons. The largest absolute Gasteiger partial charge is 0.313 e. The fourth-order valence-electron chi connectivity index (χ4n) is 1.92. The molecule has 1 aromatic heterocycles. The first-order valence-electron chi connectivity index (χ1n) is 6.30. The first kappa shape index (κ1) is 14.0. The Kier molecular flexibility index (Phi) is 4.93. The molecule has 0 unspecified atom stereocenters. The minimum Gasteiger partial charge on any atom is -0.313 e. The molecule has 0 aliphatic heterocycles. The molecular weight excluding hydrogens is 265 g/mol. The number of hydrogen-bond acceptors (Lipinski definition) is 2. The van der Waals surface area contributed by atoms with Gasteiger partial charge in [-0.05, 0) is 44.0 Å². The first-order chi connectivity index (χ1) is 9.16. The van der Waals surface area contributed by atoms with E-state index in [1.165, 1.54) is 11.6 Å². The third kappa shape index (κ3) is 4.04. The predicted octanol–water partition coefficient (Wildman–Crippen LogP) is 3.23. The van der Waals surface area contributed by atoms with E-state index in [0.29, 0.717) is 17.1 Å². The topological polar surface area (TPSA) is 40.7 Å². The van der Waals surface area contributed by atoms with Crippen molar-refractivity contribution in [1.82, 2.24) is 15.5 Å². The van der Waals surface area contributed by atoms with Gasteiger partial charge in [-0.25, -0.2) is 4.39 Å². The van der Waals surface area contributed by atoms with Crippen molar-refractivity contribution in [2.24, 2.45) is 0 Å². The number of nitrogens with zero attached hydrogens (tertiary/aromatic N) is 1. The van der Waals surface area contributed by atoms with Crippen LogP contribution >= 0.6 is 11.6 Å². The molecule has 1 heterocycles. The summed E-state index contributed by atoms with van der Waals surface area (Å²) in [5.41, 5.74) is 2.99. The van der Waals surface area contributed by atoms with E-state index in [9.17, 15) is 4.39 Å². The standard InChI is InChI=1S/C14H17ClFN3/c1-10-11(9-18-19-10)3-2-6-17-8-12-4-5-13(15)7-14(12)16/h4-5,7,9,17H,2-3,6,8H2,1H3,(H,18,19). The molecular formula is C14H17ClFN3. The van der Waals surface area contributed by atoms with Gasteiger partial charge in [0.1, 0.15) is 5.82 Å². The molecule has 2 rings (SSSR count). The highest BCUT2D eigenvalue weighted by molar-refractivity contribution is 6.30. The molecule has 0 aliphatic carbocycles. The molecule has 1 aromatic carbocycles. The summed E-state index contributed by atoms with van der Waals surface area (Å²) in [6.07, 6.45) is 3.82. The van der Waals surface area contributed by atoms with Crippen LogP contribution in [0.1, 0.15) is 23.2 Å². The molecule has 0 spiro atoms. The van der Waals surface area contributed by atoms with Gasteiger partial charge in [-0.2, -0.15) is 5.10 Å². The summed E-state index contributed by atoms with van der Waals surface area (Å²) >= 11 is 5.70. The van der Waals surface area contributed by atoms with Crippen molar-refractivity contribution in [3.8, 4) is 0 Å². The van der Waals surface area contributed by atoms with Gasteiger partial charge in [0.05, 0.1) is 6.20 Å². The number of hydrogen-bond donors (Lipinski definition) is 2. The van der Waals surface area contributed by atoms with Crippen LogP contribution in [0.5, 0.6) is 0 Å². The van der Waals surface area contributed by atoms with Crippen LogP contribution in [0.3, 0.4) is 0 Å². The molecule has 0 aliphatic rings. The van der Waals surface area contributed by atoms with Crippen LogP contribution in [0.25, 0.3) is 0 Å². The minimum absolute atomic E-state index is 0.259. The van der Waals surface area contributed by atoms with Gasteiger partial charge >= 0.3 is 0 Å². The maximum Gasteiger partial charge on any atom is 0.129 e. The van der Waals surface area contributed by atoms with Gasteiger partial charge in [-0.1, -0.05) is 17.7 Å². The predicted molar refractivity (Wildman–Crippen MR) is 74.8 cm³/mol. The average molecular weight is 282 g/mol. The Morgan fingerprint density at radius 1 is 1.37 bits per heavy atom. The molecule has 2 aromatic rings. The van der Waals surface area contributed by atoms with Crippen molar-refractivity contribution < 1.29 is 4.39 Å². The van der Waals surface area contributed by atoms with Crippen LogP contribution in [0.4, 0.5) is 4.39 Å². The summed E-state index contributed by atoms with van der Waals surface area (Å²) in [4.78, 5) is 0. The molecule has 5 heteroatoms. The Morgan fingerprint density at radius 3 is 2.89 bits per heavy atom. The van der Waals surface area contributed by atoms with E-state index in [-0.39, 0.29) is 5.82 Å². The van der Waals surface area contributed by atoms with Crippen molar-refractivity contribution >= 4 is 11.6 Å². The summed E-state index contributed by atoms with van der Waals surface area (Å²) in [6, 6.07) is 4.76. The molecule has 0 amide bonds. The summed E-state index contributed by atoms with van der Waals surface area (Å²) in [6.45, 7) is 3.37. The Morgan fingerprint density at radius 2 is 2.21 bits per heavy atom. The third-order valence-electron chi connectivity index (χ3n) is 3.06. The number of rotatable bonds is 6. The van der Waals surface area contributed by atoms with Crippen LogP contribution in [-0.2, 0) is 13.0 Å². The van der Waals surface area contributed by atoms with Gasteiger partial charge in [-0.3, -0.25) is 5.10 Å². The zero-order valence-corrected chi connectivity index (χ0v) is 11.6. The van der Waals surface area contributed by atoms with Crippen LogP contribution in [0.2, 0.25) is 5.02 Å². The fraction of sp³-hybridized carbons (Fsp3) is 0.357. The van der Waals surface area contributed by atoms with E-state index in [1.807, 2.05) is 13.1 Å². The highest BCUT2D eigenvalue weighted by Gasteiger charge is 2.03. The summed E-state index contributed by atoms with van der Waals surface area (Å²) in [5, 5.41) is 10.6. The van der Waals surface area contributed by atoms with Crippen molar-refractivity contribution in [2.75, 3.05) is 6.54 Å². The lowest BCUT2D eigenvalue weighted by Gasteiger charge is -2.06.